The fourth-order valence-electron chi connectivity index (χ4n) is 1.00. The standard InChI is InChI=1S/C6H6O2.C6H14O/c7-5-3-1-2-4-6(5)8;1-2-3-4-5-6-7/h1-4,7-8H;7H,2-6H2,1H3. The number of phenolic OH excluding ortho intramolecular Hbond substituents is 2. The van der Waals surface area contributed by atoms with Crippen molar-refractivity contribution < 1.29 is 15.3 Å². The lowest BCUT2D eigenvalue weighted by molar-refractivity contribution is 0.283. The van der Waals surface area contributed by atoms with Crippen molar-refractivity contribution in [3.05, 3.63) is 24.3 Å². The highest BCUT2D eigenvalue weighted by atomic mass is 16.3. The van der Waals surface area contributed by atoms with E-state index in [0.29, 0.717) is 6.61 Å². The second-order valence-electron chi connectivity index (χ2n) is 3.27. The number of unbranched alkanes of at least 4 members (excludes halogenated alkanes) is 3. The molecule has 1 aromatic rings. The summed E-state index contributed by atoms with van der Waals surface area (Å²) < 4.78 is 0. The molecule has 0 aliphatic carbocycles. The molecule has 0 fully saturated rings. The summed E-state index contributed by atoms with van der Waals surface area (Å²) in [5, 5.41) is 25.6. The topological polar surface area (TPSA) is 60.7 Å². The molecule has 0 spiro atoms. The van der Waals surface area contributed by atoms with E-state index in [-0.39, 0.29) is 11.5 Å². The number of phenols is 2. The Balaban J connectivity index is 0.000000265. The van der Waals surface area contributed by atoms with Gasteiger partial charge in [-0.15, -0.1) is 0 Å². The molecule has 1 rings (SSSR count). The summed E-state index contributed by atoms with van der Waals surface area (Å²) in [6.45, 7) is 2.53. The third-order valence-electron chi connectivity index (χ3n) is 1.89. The first kappa shape index (κ1) is 13.8. The van der Waals surface area contributed by atoms with E-state index in [1.807, 2.05) is 0 Å². The Bertz CT molecular complexity index is 223. The number of aromatic hydroxyl groups is 2. The van der Waals surface area contributed by atoms with Gasteiger partial charge in [0.15, 0.2) is 11.5 Å². The summed E-state index contributed by atoms with van der Waals surface area (Å²) in [5.41, 5.74) is 0. The molecule has 86 valence electrons. The second-order valence-corrected chi connectivity index (χ2v) is 3.27. The molecule has 0 amide bonds. The molecule has 0 atom stereocenters. The zero-order chi connectivity index (χ0) is 11.5. The van der Waals surface area contributed by atoms with Crippen LogP contribution in [0.15, 0.2) is 24.3 Å². The van der Waals surface area contributed by atoms with E-state index in [9.17, 15) is 0 Å². The molecule has 0 bridgehead atoms. The Kier molecular flexibility index (Phi) is 8.58. The predicted molar refractivity (Wildman–Crippen MR) is 61.0 cm³/mol. The van der Waals surface area contributed by atoms with Gasteiger partial charge in [-0.25, -0.2) is 0 Å². The summed E-state index contributed by atoms with van der Waals surface area (Å²) in [6, 6.07) is 6.15. The van der Waals surface area contributed by atoms with Crippen molar-refractivity contribution in [2.75, 3.05) is 6.61 Å². The van der Waals surface area contributed by atoms with Crippen LogP contribution in [-0.2, 0) is 0 Å². The fourth-order valence-corrected chi connectivity index (χ4v) is 1.00. The summed E-state index contributed by atoms with van der Waals surface area (Å²) in [5.74, 6) is -0.153. The van der Waals surface area contributed by atoms with Crippen LogP contribution < -0.4 is 0 Å². The summed E-state index contributed by atoms with van der Waals surface area (Å²) >= 11 is 0. The quantitative estimate of drug-likeness (QED) is 0.531. The van der Waals surface area contributed by atoms with Gasteiger partial charge in [0, 0.05) is 6.61 Å². The Morgan fingerprint density at radius 1 is 0.933 bits per heavy atom. The Morgan fingerprint density at radius 2 is 1.47 bits per heavy atom. The van der Waals surface area contributed by atoms with Gasteiger partial charge in [0.1, 0.15) is 0 Å². The molecule has 3 heteroatoms. The number of aliphatic hydroxyl groups excluding tert-OH is 1. The van der Waals surface area contributed by atoms with Crippen LogP contribution in [0.1, 0.15) is 32.6 Å². The molecule has 0 heterocycles. The first-order valence-electron chi connectivity index (χ1n) is 5.30. The van der Waals surface area contributed by atoms with Gasteiger partial charge in [-0.1, -0.05) is 38.3 Å². The largest absolute Gasteiger partial charge is 0.504 e. The van der Waals surface area contributed by atoms with E-state index in [2.05, 4.69) is 6.92 Å². The van der Waals surface area contributed by atoms with Crippen LogP contribution >= 0.6 is 0 Å². The third-order valence-corrected chi connectivity index (χ3v) is 1.89. The first-order valence-corrected chi connectivity index (χ1v) is 5.30. The summed E-state index contributed by atoms with van der Waals surface area (Å²) in [4.78, 5) is 0. The normalized spacial score (nSPS) is 9.20. The zero-order valence-corrected chi connectivity index (χ0v) is 9.19. The molecule has 0 aliphatic rings. The lowest BCUT2D eigenvalue weighted by Crippen LogP contribution is -1.80. The van der Waals surface area contributed by atoms with E-state index in [1.54, 1.807) is 12.1 Å². The number of hydrogen-bond donors (Lipinski definition) is 3. The van der Waals surface area contributed by atoms with Gasteiger partial charge >= 0.3 is 0 Å². The van der Waals surface area contributed by atoms with E-state index in [0.717, 1.165) is 6.42 Å². The van der Waals surface area contributed by atoms with Crippen LogP contribution in [0, 0.1) is 0 Å². The van der Waals surface area contributed by atoms with Gasteiger partial charge in [0.05, 0.1) is 0 Å². The smallest absolute Gasteiger partial charge is 0.157 e. The molecule has 0 aliphatic heterocycles. The molecule has 0 saturated heterocycles. The van der Waals surface area contributed by atoms with Crippen LogP contribution in [0.4, 0.5) is 0 Å². The average Bonchev–Trinajstić information content (AvgIpc) is 2.24. The summed E-state index contributed by atoms with van der Waals surface area (Å²) in [6.07, 6.45) is 4.68. The van der Waals surface area contributed by atoms with Crippen molar-refractivity contribution in [2.45, 2.75) is 32.6 Å². The van der Waals surface area contributed by atoms with E-state index in [4.69, 9.17) is 15.3 Å². The minimum Gasteiger partial charge on any atom is -0.504 e. The highest BCUT2D eigenvalue weighted by Crippen LogP contribution is 2.21. The van der Waals surface area contributed by atoms with Crippen molar-refractivity contribution in [2.24, 2.45) is 0 Å². The molecular formula is C12H20O3. The van der Waals surface area contributed by atoms with Crippen molar-refractivity contribution in [1.82, 2.24) is 0 Å². The fraction of sp³-hybridized carbons (Fsp3) is 0.500. The van der Waals surface area contributed by atoms with Crippen LogP contribution in [0.2, 0.25) is 0 Å². The SMILES string of the molecule is CCCCCCO.Oc1ccccc1O. The van der Waals surface area contributed by atoms with E-state index in [1.165, 1.54) is 31.4 Å². The maximum atomic E-state index is 8.67. The molecule has 0 radical (unpaired) electrons. The number of para-hydroxylation sites is 2. The van der Waals surface area contributed by atoms with Gasteiger partial charge in [-0.3, -0.25) is 0 Å². The number of aliphatic hydroxyl groups is 1. The maximum absolute atomic E-state index is 8.67. The third kappa shape index (κ3) is 7.82. The minimum absolute atomic E-state index is 0.0764. The average molecular weight is 212 g/mol. The number of benzene rings is 1. The van der Waals surface area contributed by atoms with Gasteiger partial charge < -0.3 is 15.3 Å². The Morgan fingerprint density at radius 3 is 1.80 bits per heavy atom. The van der Waals surface area contributed by atoms with Gasteiger partial charge in [-0.05, 0) is 18.6 Å². The van der Waals surface area contributed by atoms with Gasteiger partial charge in [0.25, 0.3) is 0 Å². The van der Waals surface area contributed by atoms with Gasteiger partial charge in [-0.2, -0.15) is 0 Å². The van der Waals surface area contributed by atoms with Crippen LogP contribution in [0.5, 0.6) is 11.5 Å². The lowest BCUT2D eigenvalue weighted by Gasteiger charge is -1.91. The van der Waals surface area contributed by atoms with Crippen molar-refractivity contribution in [1.29, 1.82) is 0 Å². The predicted octanol–water partition coefficient (Wildman–Crippen LogP) is 2.66. The van der Waals surface area contributed by atoms with Crippen LogP contribution in [0.25, 0.3) is 0 Å². The Hall–Kier alpha value is -1.22. The highest BCUT2D eigenvalue weighted by Gasteiger charge is 1.90. The minimum atomic E-state index is -0.0764. The molecule has 3 N–H and O–H groups in total. The molecule has 0 unspecified atom stereocenters. The maximum Gasteiger partial charge on any atom is 0.157 e. The van der Waals surface area contributed by atoms with E-state index < -0.39 is 0 Å². The van der Waals surface area contributed by atoms with Crippen molar-refractivity contribution in [3.8, 4) is 11.5 Å². The zero-order valence-electron chi connectivity index (χ0n) is 9.19. The Labute approximate surface area is 91.0 Å². The molecule has 3 nitrogen and oxygen atoms in total. The highest BCUT2D eigenvalue weighted by molar-refractivity contribution is 5.36. The summed E-state index contributed by atoms with van der Waals surface area (Å²) in [7, 11) is 0. The second kappa shape index (κ2) is 9.34. The lowest BCUT2D eigenvalue weighted by atomic mass is 10.2. The van der Waals surface area contributed by atoms with Gasteiger partial charge in [0.2, 0.25) is 0 Å². The van der Waals surface area contributed by atoms with Crippen molar-refractivity contribution in [3.63, 3.8) is 0 Å². The molecule has 0 aromatic heterocycles. The molecule has 0 saturated carbocycles. The van der Waals surface area contributed by atoms with Crippen molar-refractivity contribution >= 4 is 0 Å². The van der Waals surface area contributed by atoms with Crippen LogP contribution in [0.3, 0.4) is 0 Å². The number of hydrogen-bond acceptors (Lipinski definition) is 3. The first-order chi connectivity index (χ1) is 7.22. The van der Waals surface area contributed by atoms with E-state index >= 15 is 0 Å². The monoisotopic (exact) mass is 212 g/mol. The molecule has 15 heavy (non-hydrogen) atoms. The number of rotatable bonds is 4. The molecule has 1 aromatic carbocycles. The molecular weight excluding hydrogens is 192 g/mol. The van der Waals surface area contributed by atoms with Crippen LogP contribution in [-0.4, -0.2) is 21.9 Å².